The van der Waals surface area contributed by atoms with Crippen molar-refractivity contribution >= 4 is 17.3 Å². The van der Waals surface area contributed by atoms with Crippen molar-refractivity contribution in [1.82, 2.24) is 4.98 Å². The molecule has 0 atom stereocenters. The molecule has 0 amide bonds. The molecular weight excluding hydrogens is 284 g/mol. The van der Waals surface area contributed by atoms with Gasteiger partial charge in [0, 0.05) is 5.56 Å². The second-order valence-corrected chi connectivity index (χ2v) is 4.11. The second kappa shape index (κ2) is 4.70. The van der Waals surface area contributed by atoms with Crippen molar-refractivity contribution in [2.24, 2.45) is 0 Å². The van der Waals surface area contributed by atoms with E-state index in [0.717, 1.165) is 18.2 Å². The zero-order valence-corrected chi connectivity index (χ0v) is 10.1. The maximum absolute atomic E-state index is 13.3. The topological polar surface area (TPSA) is 38.9 Å². The molecule has 0 saturated carbocycles. The lowest BCUT2D eigenvalue weighted by molar-refractivity contribution is -0.141. The second-order valence-electron chi connectivity index (χ2n) is 3.73. The first-order valence-corrected chi connectivity index (χ1v) is 5.46. The summed E-state index contributed by atoms with van der Waals surface area (Å²) in [4.78, 5) is 3.41. The van der Waals surface area contributed by atoms with Crippen LogP contribution in [-0.4, -0.2) is 4.98 Å². The molecule has 2 aromatic rings. The predicted molar refractivity (Wildman–Crippen MR) is 64.1 cm³/mol. The van der Waals surface area contributed by atoms with Crippen LogP contribution in [0.1, 0.15) is 5.69 Å². The van der Waals surface area contributed by atoms with Crippen LogP contribution in [0.25, 0.3) is 11.3 Å². The van der Waals surface area contributed by atoms with Gasteiger partial charge in [-0.1, -0.05) is 23.7 Å². The summed E-state index contributed by atoms with van der Waals surface area (Å²) in [7, 11) is 0. The van der Waals surface area contributed by atoms with Gasteiger partial charge in [0.1, 0.15) is 11.5 Å². The van der Waals surface area contributed by atoms with Crippen molar-refractivity contribution < 1.29 is 17.6 Å². The Morgan fingerprint density at radius 2 is 1.79 bits per heavy atom. The number of aromatic nitrogens is 1. The van der Waals surface area contributed by atoms with Gasteiger partial charge in [0.05, 0.1) is 16.4 Å². The molecule has 7 heteroatoms. The van der Waals surface area contributed by atoms with Crippen LogP contribution in [0.5, 0.6) is 0 Å². The summed E-state index contributed by atoms with van der Waals surface area (Å²) in [6.45, 7) is 0. The Morgan fingerprint density at radius 3 is 2.42 bits per heavy atom. The largest absolute Gasteiger partial charge is 0.433 e. The number of anilines is 1. The first-order valence-electron chi connectivity index (χ1n) is 5.09. The zero-order valence-electron chi connectivity index (χ0n) is 9.30. The van der Waals surface area contributed by atoms with E-state index in [2.05, 4.69) is 4.98 Å². The summed E-state index contributed by atoms with van der Waals surface area (Å²) in [5.74, 6) is -0.752. The van der Waals surface area contributed by atoms with Crippen LogP contribution in [0.4, 0.5) is 23.2 Å². The number of hydrogen-bond acceptors (Lipinski definition) is 2. The van der Waals surface area contributed by atoms with Gasteiger partial charge < -0.3 is 5.73 Å². The van der Waals surface area contributed by atoms with Crippen molar-refractivity contribution in [1.29, 1.82) is 0 Å². The third-order valence-electron chi connectivity index (χ3n) is 2.42. The van der Waals surface area contributed by atoms with Gasteiger partial charge in [-0.15, -0.1) is 0 Å². The van der Waals surface area contributed by atoms with Crippen LogP contribution in [0.2, 0.25) is 5.02 Å². The summed E-state index contributed by atoms with van der Waals surface area (Å²) in [6.07, 6.45) is -4.61. The number of alkyl halides is 3. The fourth-order valence-corrected chi connectivity index (χ4v) is 1.75. The lowest BCUT2D eigenvalue weighted by Gasteiger charge is -2.11. The van der Waals surface area contributed by atoms with Crippen LogP contribution in [0.3, 0.4) is 0 Å². The minimum absolute atomic E-state index is 0.0134. The van der Waals surface area contributed by atoms with Gasteiger partial charge in [0.2, 0.25) is 0 Å². The van der Waals surface area contributed by atoms with Crippen LogP contribution in [0, 0.1) is 5.82 Å². The van der Waals surface area contributed by atoms with Crippen molar-refractivity contribution in [3.05, 3.63) is 46.9 Å². The van der Waals surface area contributed by atoms with E-state index >= 15 is 0 Å². The average Bonchev–Trinajstić information content (AvgIpc) is 2.32. The van der Waals surface area contributed by atoms with Gasteiger partial charge in [-0.3, -0.25) is 0 Å². The molecule has 0 bridgehead atoms. The average molecular weight is 291 g/mol. The summed E-state index contributed by atoms with van der Waals surface area (Å²) in [6, 6.07) is 5.58. The number of hydrogen-bond donors (Lipinski definition) is 1. The van der Waals surface area contributed by atoms with E-state index in [1.165, 1.54) is 12.1 Å². The molecule has 1 aromatic heterocycles. The number of nitrogens with zero attached hydrogens (tertiary/aromatic N) is 1. The van der Waals surface area contributed by atoms with Gasteiger partial charge >= 0.3 is 6.18 Å². The normalized spacial score (nSPS) is 11.6. The van der Waals surface area contributed by atoms with Gasteiger partial charge in [0.15, 0.2) is 0 Å². The maximum Gasteiger partial charge on any atom is 0.433 e. The first-order chi connectivity index (χ1) is 8.80. The highest BCUT2D eigenvalue weighted by atomic mass is 35.5. The van der Waals surface area contributed by atoms with Crippen LogP contribution < -0.4 is 5.73 Å². The van der Waals surface area contributed by atoms with Gasteiger partial charge in [-0.2, -0.15) is 13.2 Å². The molecule has 1 heterocycles. The summed E-state index contributed by atoms with van der Waals surface area (Å²) in [5.41, 5.74) is 4.27. The number of halogens is 5. The third-order valence-corrected chi connectivity index (χ3v) is 2.81. The SMILES string of the molecule is Nc1ccc(C(F)(F)F)nc1-c1cccc(F)c1Cl. The molecule has 0 aliphatic carbocycles. The van der Waals surface area contributed by atoms with Gasteiger partial charge in [-0.05, 0) is 18.2 Å². The number of nitrogen functional groups attached to an aromatic ring is 1. The maximum atomic E-state index is 13.3. The van der Waals surface area contributed by atoms with E-state index < -0.39 is 17.7 Å². The summed E-state index contributed by atoms with van der Waals surface area (Å²) < 4.78 is 51.1. The summed E-state index contributed by atoms with van der Waals surface area (Å²) in [5, 5.41) is -0.318. The lowest BCUT2D eigenvalue weighted by Crippen LogP contribution is -2.09. The minimum atomic E-state index is -4.61. The first kappa shape index (κ1) is 13.6. The smallest absolute Gasteiger partial charge is 0.397 e. The lowest BCUT2D eigenvalue weighted by atomic mass is 10.1. The van der Waals surface area contributed by atoms with E-state index in [9.17, 15) is 17.6 Å². The molecule has 2 nitrogen and oxygen atoms in total. The van der Waals surface area contributed by atoms with E-state index in [-0.39, 0.29) is 22.0 Å². The van der Waals surface area contributed by atoms with Gasteiger partial charge in [-0.25, -0.2) is 9.37 Å². The Morgan fingerprint density at radius 1 is 1.11 bits per heavy atom. The fourth-order valence-electron chi connectivity index (χ4n) is 1.53. The number of pyridine rings is 1. The minimum Gasteiger partial charge on any atom is -0.397 e. The number of benzene rings is 1. The molecule has 19 heavy (non-hydrogen) atoms. The highest BCUT2D eigenvalue weighted by Crippen LogP contribution is 2.35. The molecular formula is C12H7ClF4N2. The van der Waals surface area contributed by atoms with E-state index in [1.807, 2.05) is 0 Å². The Kier molecular flexibility index (Phi) is 3.36. The van der Waals surface area contributed by atoms with E-state index in [1.54, 1.807) is 0 Å². The van der Waals surface area contributed by atoms with Crippen molar-refractivity contribution in [2.75, 3.05) is 5.73 Å². The fraction of sp³-hybridized carbons (Fsp3) is 0.0833. The third kappa shape index (κ3) is 2.63. The molecule has 100 valence electrons. The Labute approximate surface area is 110 Å². The Balaban J connectivity index is 2.65. The van der Waals surface area contributed by atoms with Gasteiger partial charge in [0.25, 0.3) is 0 Å². The predicted octanol–water partition coefficient (Wildman–Crippen LogP) is 4.14. The molecule has 2 N–H and O–H groups in total. The molecule has 0 radical (unpaired) electrons. The van der Waals surface area contributed by atoms with E-state index in [0.29, 0.717) is 0 Å². The number of rotatable bonds is 1. The van der Waals surface area contributed by atoms with Crippen molar-refractivity contribution in [3.8, 4) is 11.3 Å². The van der Waals surface area contributed by atoms with Crippen molar-refractivity contribution in [2.45, 2.75) is 6.18 Å². The molecule has 0 spiro atoms. The molecule has 1 aromatic carbocycles. The quantitative estimate of drug-likeness (QED) is 0.802. The summed E-state index contributed by atoms with van der Waals surface area (Å²) >= 11 is 5.71. The number of nitrogens with two attached hydrogens (primary N) is 1. The molecule has 0 aliphatic heterocycles. The van der Waals surface area contributed by atoms with Crippen LogP contribution in [-0.2, 0) is 6.18 Å². The molecule has 0 saturated heterocycles. The highest BCUT2D eigenvalue weighted by molar-refractivity contribution is 6.33. The molecule has 2 rings (SSSR count). The standard InChI is InChI=1S/C12H7ClF4N2/c13-10-6(2-1-3-7(10)14)11-8(18)4-5-9(19-11)12(15,16)17/h1-5H,18H2. The highest BCUT2D eigenvalue weighted by Gasteiger charge is 2.33. The Bertz CT molecular complexity index is 626. The van der Waals surface area contributed by atoms with Crippen LogP contribution in [0.15, 0.2) is 30.3 Å². The Hall–Kier alpha value is -1.82. The van der Waals surface area contributed by atoms with Crippen molar-refractivity contribution in [3.63, 3.8) is 0 Å². The zero-order chi connectivity index (χ0) is 14.2. The molecule has 0 unspecified atom stereocenters. The molecule has 0 aliphatic rings. The van der Waals surface area contributed by atoms with E-state index in [4.69, 9.17) is 17.3 Å². The monoisotopic (exact) mass is 290 g/mol. The van der Waals surface area contributed by atoms with Crippen LogP contribution >= 0.6 is 11.6 Å². The molecule has 0 fully saturated rings.